The number of para-hydroxylation sites is 3. The van der Waals surface area contributed by atoms with Crippen molar-refractivity contribution >= 4 is 44.4 Å². The number of ether oxygens (including phenoxy) is 1. The summed E-state index contributed by atoms with van der Waals surface area (Å²) in [6.45, 7) is 0. The van der Waals surface area contributed by atoms with Gasteiger partial charge >= 0.3 is 0 Å². The highest BCUT2D eigenvalue weighted by Gasteiger charge is 2.23. The van der Waals surface area contributed by atoms with Gasteiger partial charge in [0.25, 0.3) is 0 Å². The van der Waals surface area contributed by atoms with Gasteiger partial charge in [0, 0.05) is 5.56 Å². The first-order valence-electron chi connectivity index (χ1n) is 10.0. The van der Waals surface area contributed by atoms with Crippen LogP contribution in [-0.2, 0) is 0 Å². The van der Waals surface area contributed by atoms with Crippen LogP contribution in [0.4, 0.5) is 0 Å². The summed E-state index contributed by atoms with van der Waals surface area (Å²) in [4.78, 5) is 23.5. The average Bonchev–Trinajstić information content (AvgIpc) is 3.15. The zero-order valence-corrected chi connectivity index (χ0v) is 16.7. The summed E-state index contributed by atoms with van der Waals surface area (Å²) in [7, 11) is 1.61. The van der Waals surface area contributed by atoms with E-state index in [0.29, 0.717) is 28.0 Å². The minimum absolute atomic E-state index is 0.0879. The van der Waals surface area contributed by atoms with Gasteiger partial charge < -0.3 is 4.74 Å². The highest BCUT2D eigenvalue weighted by atomic mass is 16.5. The fraction of sp³-hybridized carbons (Fsp3) is 0.0385. The van der Waals surface area contributed by atoms with Crippen molar-refractivity contribution in [2.75, 3.05) is 7.11 Å². The van der Waals surface area contributed by atoms with Gasteiger partial charge in [0.2, 0.25) is 0 Å². The number of hydrogen-bond acceptors (Lipinski definition) is 4. The van der Waals surface area contributed by atoms with Crippen molar-refractivity contribution in [2.45, 2.75) is 0 Å². The molecule has 0 saturated heterocycles. The zero-order valence-electron chi connectivity index (χ0n) is 16.7. The van der Waals surface area contributed by atoms with Gasteiger partial charge in [-0.2, -0.15) is 0 Å². The maximum Gasteiger partial charge on any atom is 0.197 e. The SMILES string of the molecule is COc1ccc(C(=O)c2c3nc4ccccc4nc3n3c2ccc2ccccc23)cc1. The Morgan fingerprint density at radius 2 is 1.48 bits per heavy atom. The molecule has 31 heavy (non-hydrogen) atoms. The molecule has 5 heteroatoms. The first kappa shape index (κ1) is 17.6. The third kappa shape index (κ3) is 2.60. The Kier molecular flexibility index (Phi) is 3.77. The van der Waals surface area contributed by atoms with Gasteiger partial charge in [-0.3, -0.25) is 9.20 Å². The fourth-order valence-electron chi connectivity index (χ4n) is 4.17. The number of rotatable bonds is 3. The Bertz CT molecular complexity index is 1630. The van der Waals surface area contributed by atoms with Crippen molar-refractivity contribution < 1.29 is 9.53 Å². The number of benzene rings is 3. The molecule has 0 aliphatic rings. The second-order valence-electron chi connectivity index (χ2n) is 7.43. The van der Waals surface area contributed by atoms with Crippen LogP contribution in [0.2, 0.25) is 0 Å². The molecule has 5 nitrogen and oxygen atoms in total. The van der Waals surface area contributed by atoms with Crippen molar-refractivity contribution in [2.24, 2.45) is 0 Å². The number of methoxy groups -OCH3 is 1. The highest BCUT2D eigenvalue weighted by Crippen LogP contribution is 2.31. The highest BCUT2D eigenvalue weighted by molar-refractivity contribution is 6.21. The minimum Gasteiger partial charge on any atom is -0.497 e. The molecular formula is C26H17N3O2. The lowest BCUT2D eigenvalue weighted by atomic mass is 10.0. The van der Waals surface area contributed by atoms with Gasteiger partial charge in [0.1, 0.15) is 11.3 Å². The second kappa shape index (κ2) is 6.64. The Hall–Kier alpha value is -4.25. The molecule has 6 aromatic rings. The van der Waals surface area contributed by atoms with Crippen LogP contribution >= 0.6 is 0 Å². The summed E-state index contributed by atoms with van der Waals surface area (Å²) in [5.74, 6) is 0.620. The number of carbonyl (C=O) groups excluding carboxylic acids is 1. The average molecular weight is 403 g/mol. The molecule has 0 aliphatic heterocycles. The van der Waals surface area contributed by atoms with E-state index in [4.69, 9.17) is 14.7 Å². The molecule has 0 amide bonds. The first-order valence-corrected chi connectivity index (χ1v) is 10.0. The largest absolute Gasteiger partial charge is 0.497 e. The normalized spacial score (nSPS) is 11.5. The number of nitrogens with zero attached hydrogens (tertiary/aromatic N) is 3. The number of pyridine rings is 1. The van der Waals surface area contributed by atoms with E-state index in [1.54, 1.807) is 31.4 Å². The van der Waals surface area contributed by atoms with Crippen LogP contribution < -0.4 is 4.74 Å². The summed E-state index contributed by atoms with van der Waals surface area (Å²) < 4.78 is 7.28. The third-order valence-corrected chi connectivity index (χ3v) is 5.68. The molecule has 0 fully saturated rings. The van der Waals surface area contributed by atoms with Crippen molar-refractivity contribution in [3.8, 4) is 5.75 Å². The fourth-order valence-corrected chi connectivity index (χ4v) is 4.17. The molecule has 0 aliphatic carbocycles. The van der Waals surface area contributed by atoms with Crippen LogP contribution in [0.5, 0.6) is 5.75 Å². The van der Waals surface area contributed by atoms with Crippen LogP contribution in [0.15, 0.2) is 84.9 Å². The molecule has 0 N–H and O–H groups in total. The number of carbonyl (C=O) groups is 1. The van der Waals surface area contributed by atoms with Gasteiger partial charge in [-0.25, -0.2) is 9.97 Å². The van der Waals surface area contributed by atoms with Crippen LogP contribution in [0.25, 0.3) is 38.6 Å². The summed E-state index contributed by atoms with van der Waals surface area (Å²) >= 11 is 0. The standard InChI is InChI=1S/C26H17N3O2/c1-31-18-13-10-17(11-14-18)25(30)23-22-15-12-16-6-2-5-9-21(16)29(22)26-24(23)27-19-7-3-4-8-20(19)28-26/h2-15H,1H3. The Balaban J connectivity index is 1.75. The molecule has 0 spiro atoms. The molecule has 148 valence electrons. The smallest absolute Gasteiger partial charge is 0.197 e. The maximum absolute atomic E-state index is 13.7. The van der Waals surface area contributed by atoms with Crippen molar-refractivity contribution in [1.29, 1.82) is 0 Å². The van der Waals surface area contributed by atoms with Crippen molar-refractivity contribution in [3.63, 3.8) is 0 Å². The van der Waals surface area contributed by atoms with Gasteiger partial charge in [-0.15, -0.1) is 0 Å². The van der Waals surface area contributed by atoms with Crippen molar-refractivity contribution in [3.05, 3.63) is 96.1 Å². The summed E-state index contributed by atoms with van der Waals surface area (Å²) in [6, 6.07) is 27.0. The topological polar surface area (TPSA) is 56.5 Å². The molecule has 0 saturated carbocycles. The number of ketones is 1. The lowest BCUT2D eigenvalue weighted by Gasteiger charge is -2.05. The number of aromatic nitrogens is 3. The van der Waals surface area contributed by atoms with Crippen LogP contribution in [0.1, 0.15) is 15.9 Å². The quantitative estimate of drug-likeness (QED) is 0.370. The van der Waals surface area contributed by atoms with E-state index in [1.165, 1.54) is 0 Å². The molecule has 0 bridgehead atoms. The van der Waals surface area contributed by atoms with Gasteiger partial charge in [0.05, 0.1) is 34.7 Å². The molecule has 0 atom stereocenters. The Labute approximate surface area is 177 Å². The predicted octanol–water partition coefficient (Wildman–Crippen LogP) is 5.43. The van der Waals surface area contributed by atoms with E-state index in [1.807, 2.05) is 59.0 Å². The van der Waals surface area contributed by atoms with Crippen LogP contribution in [0, 0.1) is 0 Å². The molecule has 0 unspecified atom stereocenters. The van der Waals surface area contributed by atoms with Crippen LogP contribution in [-0.4, -0.2) is 27.3 Å². The maximum atomic E-state index is 13.7. The molecule has 6 rings (SSSR count). The van der Waals surface area contributed by atoms with E-state index in [2.05, 4.69) is 6.07 Å². The monoisotopic (exact) mass is 403 g/mol. The summed E-state index contributed by atoms with van der Waals surface area (Å²) in [5.41, 5.74) is 5.78. The lowest BCUT2D eigenvalue weighted by Crippen LogP contribution is -2.02. The lowest BCUT2D eigenvalue weighted by molar-refractivity contribution is 0.104. The molecule has 0 radical (unpaired) electrons. The Morgan fingerprint density at radius 3 is 2.26 bits per heavy atom. The van der Waals surface area contributed by atoms with E-state index in [0.717, 1.165) is 27.5 Å². The van der Waals surface area contributed by atoms with E-state index in [9.17, 15) is 4.79 Å². The summed E-state index contributed by atoms with van der Waals surface area (Å²) in [5, 5.41) is 1.07. The van der Waals surface area contributed by atoms with Gasteiger partial charge in [-0.1, -0.05) is 36.4 Å². The van der Waals surface area contributed by atoms with E-state index < -0.39 is 0 Å². The van der Waals surface area contributed by atoms with E-state index >= 15 is 0 Å². The van der Waals surface area contributed by atoms with Crippen LogP contribution in [0.3, 0.4) is 0 Å². The minimum atomic E-state index is -0.0879. The van der Waals surface area contributed by atoms with Gasteiger partial charge in [-0.05, 0) is 53.9 Å². The van der Waals surface area contributed by atoms with Crippen molar-refractivity contribution in [1.82, 2.24) is 14.4 Å². The number of fused-ring (bicyclic) bond motifs is 6. The number of hydrogen-bond donors (Lipinski definition) is 0. The molecule has 3 aromatic carbocycles. The molecular weight excluding hydrogens is 386 g/mol. The molecule has 3 aromatic heterocycles. The molecule has 3 heterocycles. The third-order valence-electron chi connectivity index (χ3n) is 5.68. The second-order valence-corrected chi connectivity index (χ2v) is 7.43. The first-order chi connectivity index (χ1) is 15.2. The summed E-state index contributed by atoms with van der Waals surface area (Å²) in [6.07, 6.45) is 0. The predicted molar refractivity (Wildman–Crippen MR) is 122 cm³/mol. The Morgan fingerprint density at radius 1 is 0.774 bits per heavy atom. The van der Waals surface area contributed by atoms with Gasteiger partial charge in [0.15, 0.2) is 11.4 Å². The van der Waals surface area contributed by atoms with E-state index in [-0.39, 0.29) is 5.78 Å². The zero-order chi connectivity index (χ0) is 20.9.